The lowest BCUT2D eigenvalue weighted by atomic mass is 9.78. The number of benzene rings is 1. The molecule has 0 amide bonds. The highest BCUT2D eigenvalue weighted by atomic mass is 32.2. The zero-order valence-electron chi connectivity index (χ0n) is 24.2. The molecule has 9 heteroatoms. The van der Waals surface area contributed by atoms with Gasteiger partial charge in [-0.25, -0.2) is 4.39 Å². The van der Waals surface area contributed by atoms with Gasteiger partial charge in [-0.2, -0.15) is 13.2 Å². The predicted molar refractivity (Wildman–Crippen MR) is 155 cm³/mol. The number of piperidine rings is 1. The maximum Gasteiger partial charge on any atom is 0.416 e. The van der Waals surface area contributed by atoms with Gasteiger partial charge in [0.25, 0.3) is 0 Å². The molecule has 4 rings (SSSR count). The van der Waals surface area contributed by atoms with Crippen molar-refractivity contribution < 1.29 is 17.6 Å². The Bertz CT molecular complexity index is 1080. The lowest BCUT2D eigenvalue weighted by molar-refractivity contribution is -0.137. The fourth-order valence-electron chi connectivity index (χ4n) is 5.88. The maximum atomic E-state index is 14.6. The van der Waals surface area contributed by atoms with Crippen molar-refractivity contribution in [2.45, 2.75) is 78.3 Å². The molecule has 2 atom stereocenters. The smallest absolute Gasteiger partial charge is 0.351 e. The van der Waals surface area contributed by atoms with Gasteiger partial charge in [0.15, 0.2) is 0 Å². The Kier molecular flexibility index (Phi) is 10.7. The number of alkyl halides is 3. The molecule has 1 heterocycles. The zero-order chi connectivity index (χ0) is 29.0. The van der Waals surface area contributed by atoms with Gasteiger partial charge in [0.05, 0.1) is 11.4 Å². The summed E-state index contributed by atoms with van der Waals surface area (Å²) in [6.45, 7) is 12.5. The van der Waals surface area contributed by atoms with E-state index in [1.54, 1.807) is 11.8 Å². The van der Waals surface area contributed by atoms with E-state index in [-0.39, 0.29) is 5.41 Å². The number of likely N-dealkylation sites (tertiary alicyclic amines) is 1. The molecular weight excluding hydrogens is 524 g/mol. The van der Waals surface area contributed by atoms with Gasteiger partial charge in [0.2, 0.25) is 0 Å². The van der Waals surface area contributed by atoms with Crippen LogP contribution in [0.2, 0.25) is 0 Å². The first-order chi connectivity index (χ1) is 18.4. The van der Waals surface area contributed by atoms with Crippen molar-refractivity contribution in [3.63, 3.8) is 0 Å². The number of likely N-dealkylation sites (N-methyl/N-ethyl adjacent to an activating group) is 1. The molecule has 1 N–H and O–H groups in total. The van der Waals surface area contributed by atoms with Crippen LogP contribution in [-0.4, -0.2) is 59.7 Å². The molecule has 4 nitrogen and oxygen atoms in total. The van der Waals surface area contributed by atoms with E-state index in [1.165, 1.54) is 12.5 Å². The van der Waals surface area contributed by atoms with Crippen molar-refractivity contribution in [1.29, 1.82) is 5.41 Å². The number of halogens is 4. The average molecular weight is 569 g/mol. The summed E-state index contributed by atoms with van der Waals surface area (Å²) in [5.74, 6) is 2.29. The topological polar surface area (TPSA) is 42.7 Å². The van der Waals surface area contributed by atoms with Crippen LogP contribution in [0, 0.1) is 23.1 Å². The number of hydrogen-bond acceptors (Lipinski definition) is 4. The Morgan fingerprint density at radius 1 is 1.21 bits per heavy atom. The van der Waals surface area contributed by atoms with Gasteiger partial charge in [0, 0.05) is 42.5 Å². The summed E-state index contributed by atoms with van der Waals surface area (Å²) in [7, 11) is 1.97. The lowest BCUT2D eigenvalue weighted by Gasteiger charge is -2.32. The highest BCUT2D eigenvalue weighted by Gasteiger charge is 2.61. The molecule has 0 bridgehead atoms. The molecular formula is C30H44F4N4S. The first-order valence-corrected chi connectivity index (χ1v) is 15.3. The number of thioether (sulfide) groups is 1. The number of hydrogen-bond donors (Lipinski definition) is 1. The van der Waals surface area contributed by atoms with Crippen LogP contribution in [0.5, 0.6) is 0 Å². The molecule has 2 aliphatic carbocycles. The molecule has 2 saturated carbocycles. The second-order valence-corrected chi connectivity index (χ2v) is 12.2. The molecule has 0 unspecified atom stereocenters. The molecule has 218 valence electrons. The molecule has 0 spiro atoms. The first-order valence-electron chi connectivity index (χ1n) is 14.1. The van der Waals surface area contributed by atoms with Gasteiger partial charge in [-0.15, -0.1) is 11.8 Å². The maximum absolute atomic E-state index is 14.6. The van der Waals surface area contributed by atoms with E-state index >= 15 is 0 Å². The fraction of sp³-hybridized carbons (Fsp3) is 0.667. The molecule has 0 radical (unpaired) electrons. The van der Waals surface area contributed by atoms with Crippen molar-refractivity contribution in [2.75, 3.05) is 38.3 Å². The molecule has 1 aromatic rings. The van der Waals surface area contributed by atoms with Gasteiger partial charge in [-0.3, -0.25) is 10.4 Å². The van der Waals surface area contributed by atoms with Crippen LogP contribution < -0.4 is 0 Å². The van der Waals surface area contributed by atoms with Gasteiger partial charge in [0.1, 0.15) is 11.7 Å². The molecule has 1 aromatic carbocycles. The van der Waals surface area contributed by atoms with Crippen LogP contribution in [0.3, 0.4) is 0 Å². The highest BCUT2D eigenvalue weighted by molar-refractivity contribution is 7.99. The Morgan fingerprint density at radius 3 is 2.46 bits per heavy atom. The Morgan fingerprint density at radius 2 is 1.90 bits per heavy atom. The Hall–Kier alpha value is -1.87. The standard InChI is InChI=1S/C28H38F4N4S.C2H6/c1-18(2)34-19(3)25(20-7-5-8-20)26(33)35(4)17-37-12-6-11-36-15-22-14-27(22,16-36)23-10-9-21(13-24(23)29)28(30,31)32;1-2/h9-10,13,20,22,33H,5-8,11-12,14-17H2,1-4H3;1-2H3/b25-19+,33-26?;/t22-,27-;/m1./s1. The summed E-state index contributed by atoms with van der Waals surface area (Å²) in [5.41, 5.74) is 2.23. The van der Waals surface area contributed by atoms with E-state index in [4.69, 9.17) is 5.41 Å². The number of nitrogens with zero attached hydrogens (tertiary/aromatic N) is 3. The molecule has 0 aromatic heterocycles. The number of aliphatic imine (C=N–C) groups is 1. The van der Waals surface area contributed by atoms with Crippen molar-refractivity contribution in [1.82, 2.24) is 9.80 Å². The monoisotopic (exact) mass is 568 g/mol. The van der Waals surface area contributed by atoms with E-state index in [9.17, 15) is 17.6 Å². The molecule has 3 aliphatic rings. The van der Waals surface area contributed by atoms with Crippen molar-refractivity contribution in [3.05, 3.63) is 46.4 Å². The first kappa shape index (κ1) is 31.7. The normalized spacial score (nSPS) is 23.2. The fourth-order valence-corrected chi connectivity index (χ4v) is 6.75. The summed E-state index contributed by atoms with van der Waals surface area (Å²) in [5, 5.41) is 8.79. The molecule has 3 fully saturated rings. The van der Waals surface area contributed by atoms with Crippen LogP contribution in [0.4, 0.5) is 17.6 Å². The SMILES string of the molecule is CC.CC(C)=N/C(C)=C(/C(=N)N(C)CSCCCN1C[C@H]2C[C@@]2(c2ccc(C(F)(F)F)cc2F)C1)C1CCC1. The lowest BCUT2D eigenvalue weighted by Crippen LogP contribution is -2.33. The van der Waals surface area contributed by atoms with Gasteiger partial charge in [-0.05, 0) is 88.3 Å². The predicted octanol–water partition coefficient (Wildman–Crippen LogP) is 7.99. The Labute approximate surface area is 235 Å². The minimum Gasteiger partial charge on any atom is -0.351 e. The zero-order valence-corrected chi connectivity index (χ0v) is 25.0. The number of amidine groups is 1. The third-order valence-electron chi connectivity index (χ3n) is 8.03. The van der Waals surface area contributed by atoms with Crippen molar-refractivity contribution in [3.8, 4) is 0 Å². The summed E-state index contributed by atoms with van der Waals surface area (Å²) < 4.78 is 53.4. The van der Waals surface area contributed by atoms with Crippen LogP contribution in [0.15, 0.2) is 34.5 Å². The third kappa shape index (κ3) is 7.46. The van der Waals surface area contributed by atoms with E-state index in [0.717, 1.165) is 73.5 Å². The quantitative estimate of drug-likeness (QED) is 0.102. The summed E-state index contributed by atoms with van der Waals surface area (Å²) in [4.78, 5) is 8.97. The minimum absolute atomic E-state index is 0.321. The average Bonchev–Trinajstić information content (AvgIpc) is 3.41. The minimum atomic E-state index is -4.53. The number of fused-ring (bicyclic) bond motifs is 1. The van der Waals surface area contributed by atoms with Crippen LogP contribution in [0.25, 0.3) is 0 Å². The molecule has 1 aliphatic heterocycles. The summed E-state index contributed by atoms with van der Waals surface area (Å²) in [6.07, 6.45) is 0.777. The highest BCUT2D eigenvalue weighted by Crippen LogP contribution is 2.59. The second-order valence-electron chi connectivity index (χ2n) is 11.1. The van der Waals surface area contributed by atoms with Gasteiger partial charge < -0.3 is 9.80 Å². The van der Waals surface area contributed by atoms with Gasteiger partial charge in [-0.1, -0.05) is 26.3 Å². The van der Waals surface area contributed by atoms with E-state index in [1.807, 2.05) is 46.6 Å². The number of nitrogens with one attached hydrogen (secondary N) is 1. The van der Waals surface area contributed by atoms with E-state index < -0.39 is 17.6 Å². The van der Waals surface area contributed by atoms with Crippen LogP contribution in [0.1, 0.15) is 77.8 Å². The largest absolute Gasteiger partial charge is 0.416 e. The van der Waals surface area contributed by atoms with E-state index in [0.29, 0.717) is 35.8 Å². The number of allylic oxidation sites excluding steroid dienone is 1. The summed E-state index contributed by atoms with van der Waals surface area (Å²) in [6, 6.07) is 3.01. The van der Waals surface area contributed by atoms with Crippen LogP contribution >= 0.6 is 11.8 Å². The third-order valence-corrected chi connectivity index (χ3v) is 9.18. The van der Waals surface area contributed by atoms with Crippen LogP contribution in [-0.2, 0) is 11.6 Å². The number of rotatable bonds is 10. The van der Waals surface area contributed by atoms with Crippen molar-refractivity contribution >= 4 is 23.3 Å². The second kappa shape index (κ2) is 13.2. The molecule has 39 heavy (non-hydrogen) atoms. The van der Waals surface area contributed by atoms with Crippen molar-refractivity contribution in [2.24, 2.45) is 16.8 Å². The van der Waals surface area contributed by atoms with E-state index in [2.05, 4.69) is 9.89 Å². The molecule has 1 saturated heterocycles. The van der Waals surface area contributed by atoms with Gasteiger partial charge >= 0.3 is 6.18 Å². The Balaban J connectivity index is 0.00000205. The summed E-state index contributed by atoms with van der Waals surface area (Å²) >= 11 is 1.80.